The molecule has 1 unspecified atom stereocenters. The molecule has 1 fully saturated rings. The van der Waals surface area contributed by atoms with Gasteiger partial charge in [0.1, 0.15) is 5.82 Å². The molecule has 4 nitrogen and oxygen atoms in total. The van der Waals surface area contributed by atoms with Crippen LogP contribution in [0.1, 0.15) is 42.1 Å². The molecule has 1 aliphatic rings. The summed E-state index contributed by atoms with van der Waals surface area (Å²) >= 11 is 6.07. The van der Waals surface area contributed by atoms with Crippen molar-refractivity contribution in [3.8, 4) is 0 Å². The van der Waals surface area contributed by atoms with Gasteiger partial charge in [-0.3, -0.25) is 4.79 Å². The molecule has 6 heteroatoms. The Balaban J connectivity index is 1.36. The van der Waals surface area contributed by atoms with Crippen molar-refractivity contribution in [2.75, 3.05) is 19.6 Å². The van der Waals surface area contributed by atoms with Gasteiger partial charge in [-0.05, 0) is 73.7 Å². The van der Waals surface area contributed by atoms with E-state index < -0.39 is 0 Å². The van der Waals surface area contributed by atoms with Gasteiger partial charge in [-0.2, -0.15) is 5.10 Å². The van der Waals surface area contributed by atoms with Crippen molar-refractivity contribution >= 4 is 22.4 Å². The zero-order chi connectivity index (χ0) is 24.2. The molecule has 0 N–H and O–H groups in total. The summed E-state index contributed by atoms with van der Waals surface area (Å²) in [5.74, 6) is -0.199. The Morgan fingerprint density at radius 1 is 0.886 bits per heavy atom. The predicted molar refractivity (Wildman–Crippen MR) is 140 cm³/mol. The molecule has 1 atom stereocenters. The van der Waals surface area contributed by atoms with Crippen LogP contribution in [0.3, 0.4) is 0 Å². The van der Waals surface area contributed by atoms with Gasteiger partial charge in [0.15, 0.2) is 0 Å². The Kier molecular flexibility index (Phi) is 7.26. The Labute approximate surface area is 210 Å². The lowest BCUT2D eigenvalue weighted by atomic mass is 10.0. The molecule has 1 aliphatic heterocycles. The topological polar surface area (TPSA) is 38.1 Å². The minimum atomic E-state index is -0.199. The van der Waals surface area contributed by atoms with Crippen molar-refractivity contribution < 1.29 is 4.39 Å². The molecular weight excluding hydrogens is 461 g/mol. The molecule has 1 saturated heterocycles. The summed E-state index contributed by atoms with van der Waals surface area (Å²) in [6, 6.07) is 22.4. The second-order valence-electron chi connectivity index (χ2n) is 9.35. The van der Waals surface area contributed by atoms with Crippen LogP contribution < -0.4 is 5.56 Å². The van der Waals surface area contributed by atoms with Gasteiger partial charge in [-0.1, -0.05) is 54.1 Å². The molecule has 0 amide bonds. The van der Waals surface area contributed by atoms with Gasteiger partial charge in [0, 0.05) is 29.9 Å². The maximum absolute atomic E-state index is 13.4. The summed E-state index contributed by atoms with van der Waals surface area (Å²) < 4.78 is 14.9. The second-order valence-corrected chi connectivity index (χ2v) is 9.78. The van der Waals surface area contributed by atoms with Crippen LogP contribution in [0.5, 0.6) is 0 Å². The molecular formula is C29H29ClFN3O. The van der Waals surface area contributed by atoms with Crippen molar-refractivity contribution in [1.29, 1.82) is 0 Å². The third-order valence-electron chi connectivity index (χ3n) is 6.96. The SMILES string of the molecule is O=c1c2ccccc2c(Cc2ccc(Cl)cc2)nn1C1CCCN(CCc2ccc(F)cc2)CC1. The number of benzene rings is 3. The molecule has 4 aromatic rings. The zero-order valence-electron chi connectivity index (χ0n) is 19.7. The van der Waals surface area contributed by atoms with E-state index in [9.17, 15) is 9.18 Å². The van der Waals surface area contributed by atoms with Gasteiger partial charge >= 0.3 is 0 Å². The third kappa shape index (κ3) is 5.63. The Hall–Kier alpha value is -3.02. The molecule has 3 aromatic carbocycles. The highest BCUT2D eigenvalue weighted by Crippen LogP contribution is 2.24. The van der Waals surface area contributed by atoms with Crippen molar-refractivity contribution in [1.82, 2.24) is 14.7 Å². The number of halogens is 2. The van der Waals surface area contributed by atoms with Crippen LogP contribution in [0.4, 0.5) is 4.39 Å². The van der Waals surface area contributed by atoms with Gasteiger partial charge in [0.25, 0.3) is 5.56 Å². The van der Waals surface area contributed by atoms with Gasteiger partial charge in [0.05, 0.1) is 17.1 Å². The Morgan fingerprint density at radius 3 is 2.37 bits per heavy atom. The quantitative estimate of drug-likeness (QED) is 0.331. The van der Waals surface area contributed by atoms with E-state index in [1.54, 1.807) is 4.68 Å². The monoisotopic (exact) mass is 489 g/mol. The molecule has 0 bridgehead atoms. The first-order valence-electron chi connectivity index (χ1n) is 12.3. The summed E-state index contributed by atoms with van der Waals surface area (Å²) in [7, 11) is 0. The molecule has 2 heterocycles. The number of fused-ring (bicyclic) bond motifs is 1. The highest BCUT2D eigenvalue weighted by atomic mass is 35.5. The van der Waals surface area contributed by atoms with E-state index in [0.717, 1.165) is 72.9 Å². The number of aromatic nitrogens is 2. The first kappa shape index (κ1) is 23.7. The lowest BCUT2D eigenvalue weighted by molar-refractivity contribution is 0.281. The van der Waals surface area contributed by atoms with Crippen molar-refractivity contribution in [2.24, 2.45) is 0 Å². The van der Waals surface area contributed by atoms with Gasteiger partial charge < -0.3 is 4.90 Å². The van der Waals surface area contributed by atoms with Gasteiger partial charge in [-0.15, -0.1) is 0 Å². The molecule has 5 rings (SSSR count). The molecule has 35 heavy (non-hydrogen) atoms. The molecule has 180 valence electrons. The number of nitrogens with zero attached hydrogens (tertiary/aromatic N) is 3. The molecule has 0 spiro atoms. The minimum Gasteiger partial charge on any atom is -0.303 e. The summed E-state index contributed by atoms with van der Waals surface area (Å²) in [5, 5.41) is 7.28. The van der Waals surface area contributed by atoms with Crippen molar-refractivity contribution in [3.63, 3.8) is 0 Å². The van der Waals surface area contributed by atoms with Crippen LogP contribution in [0.15, 0.2) is 77.6 Å². The van der Waals surface area contributed by atoms with Crippen molar-refractivity contribution in [3.05, 3.63) is 111 Å². The molecule has 1 aromatic heterocycles. The average molecular weight is 490 g/mol. The van der Waals surface area contributed by atoms with Crippen LogP contribution in [-0.2, 0) is 12.8 Å². The lowest BCUT2D eigenvalue weighted by Gasteiger charge is -2.21. The summed E-state index contributed by atoms with van der Waals surface area (Å²) in [5.41, 5.74) is 3.17. The smallest absolute Gasteiger partial charge is 0.274 e. The summed E-state index contributed by atoms with van der Waals surface area (Å²) in [4.78, 5) is 15.9. The average Bonchev–Trinajstić information content (AvgIpc) is 3.12. The van der Waals surface area contributed by atoms with Crippen LogP contribution >= 0.6 is 11.6 Å². The number of likely N-dealkylation sites (tertiary alicyclic amines) is 1. The highest BCUT2D eigenvalue weighted by molar-refractivity contribution is 6.30. The number of hydrogen-bond donors (Lipinski definition) is 0. The lowest BCUT2D eigenvalue weighted by Crippen LogP contribution is -2.30. The van der Waals surface area contributed by atoms with Gasteiger partial charge in [0.2, 0.25) is 0 Å². The van der Waals surface area contributed by atoms with Gasteiger partial charge in [-0.25, -0.2) is 9.07 Å². The van der Waals surface area contributed by atoms with Crippen LogP contribution in [0, 0.1) is 5.82 Å². The Morgan fingerprint density at radius 2 is 1.60 bits per heavy atom. The molecule has 0 aliphatic carbocycles. The molecule has 0 saturated carbocycles. The maximum atomic E-state index is 13.4. The normalized spacial score (nSPS) is 16.9. The van der Waals surface area contributed by atoms with E-state index in [1.165, 1.54) is 12.1 Å². The fourth-order valence-electron chi connectivity index (χ4n) is 4.99. The fourth-order valence-corrected chi connectivity index (χ4v) is 5.12. The maximum Gasteiger partial charge on any atom is 0.274 e. The van der Waals surface area contributed by atoms with E-state index in [4.69, 9.17) is 16.7 Å². The van der Waals surface area contributed by atoms with Crippen LogP contribution in [0.25, 0.3) is 10.8 Å². The van der Waals surface area contributed by atoms with E-state index in [-0.39, 0.29) is 17.4 Å². The second kappa shape index (κ2) is 10.7. The summed E-state index contributed by atoms with van der Waals surface area (Å²) in [6.45, 7) is 2.84. The van der Waals surface area contributed by atoms with Crippen LogP contribution in [-0.4, -0.2) is 34.3 Å². The summed E-state index contributed by atoms with van der Waals surface area (Å²) in [6.07, 6.45) is 4.37. The standard InChI is InChI=1S/C29H29ClFN3O/c30-23-11-7-22(8-12-23)20-28-26-5-1-2-6-27(26)29(35)34(32-28)25-4-3-17-33(19-16-25)18-15-21-9-13-24(31)14-10-21/h1-2,5-14,25H,3-4,15-20H2. The first-order chi connectivity index (χ1) is 17.1. The van der Waals surface area contributed by atoms with Crippen molar-refractivity contribution in [2.45, 2.75) is 38.1 Å². The van der Waals surface area contributed by atoms with E-state index in [2.05, 4.69) is 4.90 Å². The largest absolute Gasteiger partial charge is 0.303 e. The van der Waals surface area contributed by atoms with E-state index in [0.29, 0.717) is 11.4 Å². The number of rotatable bonds is 6. The number of hydrogen-bond acceptors (Lipinski definition) is 3. The molecule has 0 radical (unpaired) electrons. The Bertz CT molecular complexity index is 1350. The minimum absolute atomic E-state index is 0.00906. The first-order valence-corrected chi connectivity index (χ1v) is 12.7. The highest BCUT2D eigenvalue weighted by Gasteiger charge is 2.22. The van der Waals surface area contributed by atoms with Crippen LogP contribution in [0.2, 0.25) is 5.02 Å². The fraction of sp³-hybridized carbons (Fsp3) is 0.310. The van der Waals surface area contributed by atoms with E-state index in [1.807, 2.05) is 60.7 Å². The zero-order valence-corrected chi connectivity index (χ0v) is 20.4. The van der Waals surface area contributed by atoms with E-state index >= 15 is 0 Å². The third-order valence-corrected chi connectivity index (χ3v) is 7.21. The predicted octanol–water partition coefficient (Wildman–Crippen LogP) is 6.05.